The van der Waals surface area contributed by atoms with E-state index in [4.69, 9.17) is 14.5 Å². The highest BCUT2D eigenvalue weighted by molar-refractivity contribution is 5.92. The lowest BCUT2D eigenvalue weighted by Gasteiger charge is -2.14. The smallest absolute Gasteiger partial charge is 0.387 e. The Morgan fingerprint density at radius 2 is 1.81 bits per heavy atom. The number of rotatable bonds is 8. The number of anilines is 1. The monoisotopic (exact) mass is 494 g/mol. The lowest BCUT2D eigenvalue weighted by Crippen LogP contribution is -2.14. The molecule has 0 fully saturated rings. The quantitative estimate of drug-likeness (QED) is 0.338. The maximum Gasteiger partial charge on any atom is 0.387 e. The summed E-state index contributed by atoms with van der Waals surface area (Å²) in [6.45, 7) is 2.94. The average molecular weight is 495 g/mol. The van der Waals surface area contributed by atoms with Gasteiger partial charge in [0.2, 0.25) is 5.91 Å². The predicted molar refractivity (Wildman–Crippen MR) is 135 cm³/mol. The van der Waals surface area contributed by atoms with Gasteiger partial charge in [0, 0.05) is 35.8 Å². The van der Waals surface area contributed by atoms with Crippen LogP contribution in [0.5, 0.6) is 11.5 Å². The Kier molecular flexibility index (Phi) is 7.19. The number of carbonyl (C=O) groups excluding carboxylic acids is 1. The molecule has 188 valence electrons. The molecule has 9 heteroatoms. The van der Waals surface area contributed by atoms with Gasteiger partial charge in [0.1, 0.15) is 11.5 Å². The van der Waals surface area contributed by atoms with E-state index >= 15 is 0 Å². The topological polar surface area (TPSA) is 78.3 Å². The molecule has 2 heterocycles. The molecule has 1 N–H and O–H groups in total. The number of carbonyl (C=O) groups is 1. The second kappa shape index (κ2) is 10.3. The van der Waals surface area contributed by atoms with E-state index in [2.05, 4.69) is 10.4 Å². The molecule has 0 atom stereocenters. The second-order valence-electron chi connectivity index (χ2n) is 8.57. The SMILES string of the molecule is COc1ccc(-c2cc(NC(=O)CCc3c(C)nc4c(c(C)nn4C)c3C)ccc2OC(F)F)cc1. The van der Waals surface area contributed by atoms with Crippen LogP contribution in [0.2, 0.25) is 0 Å². The fraction of sp³-hybridized carbons (Fsp3) is 0.296. The number of amides is 1. The van der Waals surface area contributed by atoms with Crippen LogP contribution in [0.4, 0.5) is 14.5 Å². The van der Waals surface area contributed by atoms with E-state index in [0.29, 0.717) is 29.0 Å². The van der Waals surface area contributed by atoms with Gasteiger partial charge in [-0.3, -0.25) is 9.48 Å². The minimum Gasteiger partial charge on any atom is -0.497 e. The minimum atomic E-state index is -2.97. The van der Waals surface area contributed by atoms with Crippen molar-refractivity contribution in [2.45, 2.75) is 40.2 Å². The maximum absolute atomic E-state index is 13.0. The molecule has 0 unspecified atom stereocenters. The molecule has 36 heavy (non-hydrogen) atoms. The molecule has 0 saturated heterocycles. The Hall–Kier alpha value is -4.01. The lowest BCUT2D eigenvalue weighted by atomic mass is 9.99. The zero-order chi connectivity index (χ0) is 26.0. The third kappa shape index (κ3) is 5.15. The summed E-state index contributed by atoms with van der Waals surface area (Å²) in [5.74, 6) is 0.463. The number of pyridine rings is 1. The van der Waals surface area contributed by atoms with Crippen molar-refractivity contribution in [3.05, 3.63) is 65.0 Å². The largest absolute Gasteiger partial charge is 0.497 e. The lowest BCUT2D eigenvalue weighted by molar-refractivity contribution is -0.116. The Morgan fingerprint density at radius 3 is 2.47 bits per heavy atom. The first kappa shape index (κ1) is 25.1. The van der Waals surface area contributed by atoms with Crippen LogP contribution < -0.4 is 14.8 Å². The van der Waals surface area contributed by atoms with Gasteiger partial charge in [-0.1, -0.05) is 12.1 Å². The van der Waals surface area contributed by atoms with Crippen LogP contribution in [-0.2, 0) is 18.3 Å². The molecule has 1 amide bonds. The first-order valence-corrected chi connectivity index (χ1v) is 11.5. The van der Waals surface area contributed by atoms with Crippen molar-refractivity contribution in [2.24, 2.45) is 7.05 Å². The van der Waals surface area contributed by atoms with Gasteiger partial charge < -0.3 is 14.8 Å². The summed E-state index contributed by atoms with van der Waals surface area (Å²) in [5, 5.41) is 8.35. The van der Waals surface area contributed by atoms with Gasteiger partial charge in [0.15, 0.2) is 5.65 Å². The number of nitrogens with zero attached hydrogens (tertiary/aromatic N) is 3. The van der Waals surface area contributed by atoms with Gasteiger partial charge >= 0.3 is 6.61 Å². The minimum absolute atomic E-state index is 0.0191. The van der Waals surface area contributed by atoms with Gasteiger partial charge in [-0.05, 0) is 74.2 Å². The molecule has 0 saturated carbocycles. The predicted octanol–water partition coefficient (Wildman–Crippen LogP) is 5.74. The summed E-state index contributed by atoms with van der Waals surface area (Å²) < 4.78 is 37.6. The Balaban J connectivity index is 1.54. The Morgan fingerprint density at radius 1 is 1.08 bits per heavy atom. The van der Waals surface area contributed by atoms with Crippen molar-refractivity contribution in [3.8, 4) is 22.6 Å². The molecule has 4 aromatic rings. The Bertz CT molecular complexity index is 1420. The van der Waals surface area contributed by atoms with Gasteiger partial charge in [-0.2, -0.15) is 13.9 Å². The van der Waals surface area contributed by atoms with Crippen molar-refractivity contribution in [3.63, 3.8) is 0 Å². The number of aryl methyl sites for hydroxylation is 4. The van der Waals surface area contributed by atoms with Gasteiger partial charge in [0.05, 0.1) is 12.8 Å². The van der Waals surface area contributed by atoms with E-state index < -0.39 is 6.61 Å². The number of hydrogen-bond donors (Lipinski definition) is 1. The van der Waals surface area contributed by atoms with Crippen LogP contribution in [-0.4, -0.2) is 34.4 Å². The average Bonchev–Trinajstić information content (AvgIpc) is 3.12. The maximum atomic E-state index is 13.0. The molecule has 0 aliphatic carbocycles. The van der Waals surface area contributed by atoms with Crippen molar-refractivity contribution < 1.29 is 23.0 Å². The molecule has 0 aliphatic heterocycles. The van der Waals surface area contributed by atoms with Gasteiger partial charge in [-0.25, -0.2) is 4.98 Å². The molecular weight excluding hydrogens is 466 g/mol. The number of nitrogens with one attached hydrogen (secondary N) is 1. The van der Waals surface area contributed by atoms with Crippen LogP contribution in [0.1, 0.15) is 28.9 Å². The highest BCUT2D eigenvalue weighted by Gasteiger charge is 2.17. The Labute approximate surface area is 208 Å². The number of methoxy groups -OCH3 is 1. The van der Waals surface area contributed by atoms with E-state index in [0.717, 1.165) is 33.5 Å². The number of halogens is 2. The van der Waals surface area contributed by atoms with E-state index in [1.807, 2.05) is 27.8 Å². The number of fused-ring (bicyclic) bond motifs is 1. The first-order chi connectivity index (χ1) is 17.2. The number of hydrogen-bond acceptors (Lipinski definition) is 5. The molecular formula is C27H28F2N4O3. The van der Waals surface area contributed by atoms with Crippen LogP contribution in [0.15, 0.2) is 42.5 Å². The number of ether oxygens (including phenoxy) is 2. The molecule has 0 spiro atoms. The van der Waals surface area contributed by atoms with Crippen molar-refractivity contribution >= 4 is 22.6 Å². The van der Waals surface area contributed by atoms with Crippen molar-refractivity contribution in [1.82, 2.24) is 14.8 Å². The zero-order valence-corrected chi connectivity index (χ0v) is 20.9. The number of alkyl halides is 2. The molecule has 0 bridgehead atoms. The molecule has 2 aromatic carbocycles. The normalized spacial score (nSPS) is 11.2. The molecule has 0 aliphatic rings. The van der Waals surface area contributed by atoms with Crippen LogP contribution in [0, 0.1) is 20.8 Å². The van der Waals surface area contributed by atoms with E-state index in [1.165, 1.54) is 6.07 Å². The highest BCUT2D eigenvalue weighted by Crippen LogP contribution is 2.35. The summed E-state index contributed by atoms with van der Waals surface area (Å²) in [6, 6.07) is 11.5. The summed E-state index contributed by atoms with van der Waals surface area (Å²) >= 11 is 0. The standard InChI is InChI=1S/C27H28F2N4O3/c1-15-21(16(2)30-26-25(15)17(3)32-33(26)4)11-13-24(34)31-19-8-12-23(36-27(28)29)22(14-19)18-6-9-20(35-5)10-7-18/h6-10,12,14,27H,11,13H2,1-5H3,(H,31,34). The fourth-order valence-electron chi connectivity index (χ4n) is 4.49. The van der Waals surface area contributed by atoms with Crippen molar-refractivity contribution in [1.29, 1.82) is 0 Å². The fourth-order valence-corrected chi connectivity index (χ4v) is 4.49. The summed E-state index contributed by atoms with van der Waals surface area (Å²) in [4.78, 5) is 17.5. The summed E-state index contributed by atoms with van der Waals surface area (Å²) in [6.07, 6.45) is 0.750. The number of aromatic nitrogens is 3. The van der Waals surface area contributed by atoms with Gasteiger partial charge in [-0.15, -0.1) is 0 Å². The zero-order valence-electron chi connectivity index (χ0n) is 20.9. The van der Waals surface area contributed by atoms with E-state index in [9.17, 15) is 13.6 Å². The summed E-state index contributed by atoms with van der Waals surface area (Å²) in [7, 11) is 3.41. The van der Waals surface area contributed by atoms with E-state index in [-0.39, 0.29) is 18.1 Å². The van der Waals surface area contributed by atoms with Gasteiger partial charge in [0.25, 0.3) is 0 Å². The van der Waals surface area contributed by atoms with Crippen LogP contribution in [0.25, 0.3) is 22.2 Å². The van der Waals surface area contributed by atoms with Crippen LogP contribution >= 0.6 is 0 Å². The van der Waals surface area contributed by atoms with Crippen molar-refractivity contribution in [2.75, 3.05) is 12.4 Å². The second-order valence-corrected chi connectivity index (χ2v) is 8.57. The molecule has 0 radical (unpaired) electrons. The van der Waals surface area contributed by atoms with Crippen LogP contribution in [0.3, 0.4) is 0 Å². The first-order valence-electron chi connectivity index (χ1n) is 11.5. The third-order valence-electron chi connectivity index (χ3n) is 6.21. The highest BCUT2D eigenvalue weighted by atomic mass is 19.3. The number of benzene rings is 2. The molecule has 2 aromatic heterocycles. The molecule has 4 rings (SSSR count). The third-order valence-corrected chi connectivity index (χ3v) is 6.21. The van der Waals surface area contributed by atoms with E-state index in [1.54, 1.807) is 48.2 Å². The summed E-state index contributed by atoms with van der Waals surface area (Å²) in [5.41, 5.74) is 6.26. The molecule has 7 nitrogen and oxygen atoms in total.